The molecule has 1 aromatic carbocycles. The van der Waals surface area contributed by atoms with Crippen molar-refractivity contribution in [2.24, 2.45) is 11.8 Å². The first kappa shape index (κ1) is 19.2. The zero-order valence-electron chi connectivity index (χ0n) is 17.3. The third-order valence-corrected chi connectivity index (χ3v) is 8.48. The molecule has 2 fully saturated rings. The van der Waals surface area contributed by atoms with Gasteiger partial charge in [0.15, 0.2) is 0 Å². The van der Waals surface area contributed by atoms with Crippen LogP contribution < -0.4 is 0 Å². The van der Waals surface area contributed by atoms with Gasteiger partial charge in [-0.25, -0.2) is 0 Å². The van der Waals surface area contributed by atoms with E-state index < -0.39 is 0 Å². The average Bonchev–Trinajstić information content (AvgIpc) is 3.13. The first-order valence-corrected chi connectivity index (χ1v) is 12.2. The molecule has 0 spiro atoms. The third kappa shape index (κ3) is 4.50. The lowest BCUT2D eigenvalue weighted by molar-refractivity contribution is 0.310. The summed E-state index contributed by atoms with van der Waals surface area (Å²) < 4.78 is 1.54. The summed E-state index contributed by atoms with van der Waals surface area (Å²) >= 11 is 2.09. The largest absolute Gasteiger partial charge is 0.140 e. The van der Waals surface area contributed by atoms with Crippen LogP contribution in [0.15, 0.2) is 36.4 Å². The molecular weight excluding hydrogens is 344 g/mol. The maximum atomic E-state index is 2.53. The van der Waals surface area contributed by atoms with E-state index >= 15 is 0 Å². The van der Waals surface area contributed by atoms with Gasteiger partial charge >= 0.3 is 0 Å². The van der Waals surface area contributed by atoms with Gasteiger partial charge in [0.2, 0.25) is 0 Å². The van der Waals surface area contributed by atoms with Crippen LogP contribution in [0.4, 0.5) is 0 Å². The second-order valence-electron chi connectivity index (χ2n) is 9.09. The summed E-state index contributed by atoms with van der Waals surface area (Å²) in [6.07, 6.45) is 18.6. The smallest absolute Gasteiger partial charge is 0.0348 e. The number of benzene rings is 1. The Hall–Kier alpha value is -1.08. The molecule has 1 aromatic heterocycles. The van der Waals surface area contributed by atoms with Gasteiger partial charge in [-0.3, -0.25) is 0 Å². The molecule has 1 heteroatoms. The maximum Gasteiger partial charge on any atom is 0.0348 e. The standard InChI is InChI=1S/C26H36S/c1-3-5-19-7-11-21(12-8-19)23-15-16-24-18-25(27-26(24)17-23)22-13-9-20(6-4-2)10-14-22/h3,5,15-22H,4,6-14H2,1-2H3/b5-3+. The van der Waals surface area contributed by atoms with Crippen LogP contribution in [-0.2, 0) is 0 Å². The van der Waals surface area contributed by atoms with E-state index in [1.54, 1.807) is 10.4 Å². The monoisotopic (exact) mass is 380 g/mol. The minimum Gasteiger partial charge on any atom is -0.140 e. The second kappa shape index (κ2) is 8.95. The van der Waals surface area contributed by atoms with Gasteiger partial charge in [0.05, 0.1) is 0 Å². The Balaban J connectivity index is 1.43. The molecule has 0 unspecified atom stereocenters. The Morgan fingerprint density at radius 2 is 1.67 bits per heavy atom. The first-order chi connectivity index (χ1) is 13.3. The molecule has 0 atom stereocenters. The molecule has 2 aliphatic carbocycles. The quantitative estimate of drug-likeness (QED) is 0.454. The highest BCUT2D eigenvalue weighted by Crippen LogP contribution is 2.43. The van der Waals surface area contributed by atoms with Crippen LogP contribution in [-0.4, -0.2) is 0 Å². The van der Waals surface area contributed by atoms with Crippen molar-refractivity contribution < 1.29 is 0 Å². The van der Waals surface area contributed by atoms with Crippen LogP contribution in [0.1, 0.15) is 100 Å². The Morgan fingerprint density at radius 3 is 2.37 bits per heavy atom. The van der Waals surface area contributed by atoms with Gasteiger partial charge in [-0.05, 0) is 105 Å². The van der Waals surface area contributed by atoms with Crippen LogP contribution >= 0.6 is 11.3 Å². The van der Waals surface area contributed by atoms with Gasteiger partial charge in [0, 0.05) is 9.58 Å². The summed E-state index contributed by atoms with van der Waals surface area (Å²) in [6, 6.07) is 9.88. The van der Waals surface area contributed by atoms with E-state index in [2.05, 4.69) is 61.6 Å². The normalized spacial score (nSPS) is 29.6. The SMILES string of the molecule is C/C=C/C1CCC(c2ccc3cc(C4CCC(CCC)CC4)sc3c2)CC1. The molecule has 146 valence electrons. The lowest BCUT2D eigenvalue weighted by Crippen LogP contribution is -2.12. The highest BCUT2D eigenvalue weighted by molar-refractivity contribution is 7.19. The van der Waals surface area contributed by atoms with E-state index in [-0.39, 0.29) is 0 Å². The number of allylic oxidation sites excluding steroid dienone is 2. The van der Waals surface area contributed by atoms with Crippen molar-refractivity contribution >= 4 is 21.4 Å². The topological polar surface area (TPSA) is 0 Å². The summed E-state index contributed by atoms with van der Waals surface area (Å²) in [5.41, 5.74) is 1.60. The van der Waals surface area contributed by atoms with Crippen LogP contribution in [0.3, 0.4) is 0 Å². The van der Waals surface area contributed by atoms with E-state index in [0.29, 0.717) is 0 Å². The molecule has 2 saturated carbocycles. The number of hydrogen-bond donors (Lipinski definition) is 0. The van der Waals surface area contributed by atoms with Crippen LogP contribution in [0.2, 0.25) is 0 Å². The molecule has 1 heterocycles. The number of fused-ring (bicyclic) bond motifs is 1. The zero-order chi connectivity index (χ0) is 18.6. The van der Waals surface area contributed by atoms with E-state index in [4.69, 9.17) is 0 Å². The fourth-order valence-electron chi connectivity index (χ4n) is 5.58. The minimum atomic E-state index is 0.783. The van der Waals surface area contributed by atoms with Crippen molar-refractivity contribution in [3.05, 3.63) is 46.9 Å². The van der Waals surface area contributed by atoms with Crippen LogP contribution in [0, 0.1) is 11.8 Å². The van der Waals surface area contributed by atoms with Gasteiger partial charge in [0.1, 0.15) is 0 Å². The molecule has 0 saturated heterocycles. The lowest BCUT2D eigenvalue weighted by Gasteiger charge is -2.27. The molecule has 2 aromatic rings. The van der Waals surface area contributed by atoms with Gasteiger partial charge in [-0.2, -0.15) is 0 Å². The fourth-order valence-corrected chi connectivity index (χ4v) is 6.87. The second-order valence-corrected chi connectivity index (χ2v) is 10.2. The molecule has 4 rings (SSSR count). The maximum absolute atomic E-state index is 2.53. The summed E-state index contributed by atoms with van der Waals surface area (Å²) in [5.74, 6) is 3.44. The van der Waals surface area contributed by atoms with Crippen LogP contribution in [0.25, 0.3) is 10.1 Å². The molecule has 27 heavy (non-hydrogen) atoms. The fraction of sp³-hybridized carbons (Fsp3) is 0.615. The van der Waals surface area contributed by atoms with Crippen molar-refractivity contribution in [1.29, 1.82) is 0 Å². The molecular formula is C26H36S. The molecule has 0 aliphatic heterocycles. The summed E-state index contributed by atoms with van der Waals surface area (Å²) in [6.45, 7) is 4.49. The summed E-state index contributed by atoms with van der Waals surface area (Å²) in [5, 5.41) is 1.48. The summed E-state index contributed by atoms with van der Waals surface area (Å²) in [7, 11) is 0. The average molecular weight is 381 g/mol. The van der Waals surface area contributed by atoms with Crippen molar-refractivity contribution in [2.75, 3.05) is 0 Å². The predicted molar refractivity (Wildman–Crippen MR) is 121 cm³/mol. The Morgan fingerprint density at radius 1 is 0.926 bits per heavy atom. The van der Waals surface area contributed by atoms with Crippen molar-refractivity contribution in [1.82, 2.24) is 0 Å². The highest BCUT2D eigenvalue weighted by Gasteiger charge is 2.24. The van der Waals surface area contributed by atoms with Gasteiger partial charge in [-0.1, -0.05) is 44.1 Å². The molecule has 0 nitrogen and oxygen atoms in total. The molecule has 2 aliphatic rings. The molecule has 0 N–H and O–H groups in total. The molecule has 0 radical (unpaired) electrons. The van der Waals surface area contributed by atoms with E-state index in [1.807, 2.05) is 0 Å². The van der Waals surface area contributed by atoms with Crippen molar-refractivity contribution in [2.45, 2.75) is 89.9 Å². The molecule has 0 bridgehead atoms. The third-order valence-electron chi connectivity index (χ3n) is 7.22. The summed E-state index contributed by atoms with van der Waals surface area (Å²) in [4.78, 5) is 1.66. The zero-order valence-corrected chi connectivity index (χ0v) is 18.1. The Bertz CT molecular complexity index is 752. The Labute approximate surface area is 170 Å². The van der Waals surface area contributed by atoms with Gasteiger partial charge < -0.3 is 0 Å². The number of hydrogen-bond acceptors (Lipinski definition) is 1. The number of thiophene rings is 1. The van der Waals surface area contributed by atoms with E-state index in [0.717, 1.165) is 23.7 Å². The lowest BCUT2D eigenvalue weighted by atomic mass is 9.78. The Kier molecular flexibility index (Phi) is 6.38. The first-order valence-electron chi connectivity index (χ1n) is 11.4. The minimum absolute atomic E-state index is 0.783. The van der Waals surface area contributed by atoms with Gasteiger partial charge in [-0.15, -0.1) is 11.3 Å². The van der Waals surface area contributed by atoms with Crippen LogP contribution in [0.5, 0.6) is 0 Å². The number of rotatable bonds is 5. The van der Waals surface area contributed by atoms with E-state index in [9.17, 15) is 0 Å². The van der Waals surface area contributed by atoms with E-state index in [1.165, 1.54) is 74.3 Å². The van der Waals surface area contributed by atoms with Crippen molar-refractivity contribution in [3.63, 3.8) is 0 Å². The highest BCUT2D eigenvalue weighted by atomic mass is 32.1. The van der Waals surface area contributed by atoms with Gasteiger partial charge in [0.25, 0.3) is 0 Å². The van der Waals surface area contributed by atoms with Crippen molar-refractivity contribution in [3.8, 4) is 0 Å². The predicted octanol–water partition coefficient (Wildman–Crippen LogP) is 8.83. The molecule has 0 amide bonds.